The molecule has 4 aromatic carbocycles. The summed E-state index contributed by atoms with van der Waals surface area (Å²) in [5, 5.41) is 12.6. The fraction of sp³-hybridized carbons (Fsp3) is 0.500. The Morgan fingerprint density at radius 2 is 1.21 bits per heavy atom. The molecule has 1 saturated heterocycles. The number of fused-ring (bicyclic) bond motifs is 10. The molecule has 3 aliphatic rings. The van der Waals surface area contributed by atoms with Gasteiger partial charge in [0.2, 0.25) is 11.8 Å². The van der Waals surface area contributed by atoms with Crippen molar-refractivity contribution < 1.29 is 24.0 Å². The molecule has 0 N–H and O–H groups in total. The molecule has 13 heteroatoms. The minimum absolute atomic E-state index is 0. The maximum Gasteiger partial charge on any atom is 0.243 e. The third-order valence-corrected chi connectivity index (χ3v) is 14.8. The lowest BCUT2D eigenvalue weighted by atomic mass is 9.77. The largest absolute Gasteiger partial charge is 0.393 e. The van der Waals surface area contributed by atoms with Crippen molar-refractivity contribution >= 4 is 40.9 Å². The number of ketones is 2. The molecule has 0 spiro atoms. The number of hydrogen-bond acceptors (Lipinski definition) is 10. The van der Waals surface area contributed by atoms with E-state index in [1.807, 2.05) is 88.7 Å². The Balaban J connectivity index is 0.000000276. The van der Waals surface area contributed by atoms with Crippen LogP contribution < -0.4 is 0 Å². The monoisotopic (exact) mass is 1120 g/mol. The van der Waals surface area contributed by atoms with Gasteiger partial charge in [-0.2, -0.15) is 11.8 Å². The van der Waals surface area contributed by atoms with Crippen molar-refractivity contribution in [3.8, 4) is 45.0 Å². The third kappa shape index (κ3) is 19.1. The van der Waals surface area contributed by atoms with E-state index in [2.05, 4.69) is 163 Å². The van der Waals surface area contributed by atoms with Gasteiger partial charge in [-0.25, -0.2) is 9.67 Å². The zero-order valence-electron chi connectivity index (χ0n) is 51.6. The number of thioether (sulfide) groups is 1. The molecule has 2 aromatic heterocycles. The van der Waals surface area contributed by atoms with Crippen LogP contribution in [0.4, 0.5) is 0 Å². The first-order valence-corrected chi connectivity index (χ1v) is 30.0. The second kappa shape index (κ2) is 32.8. The van der Waals surface area contributed by atoms with Gasteiger partial charge in [-0.3, -0.25) is 19.3 Å². The topological polar surface area (TPSA) is 142 Å². The number of benzene rings is 4. The lowest BCUT2D eigenvalue weighted by Crippen LogP contribution is -2.37. The van der Waals surface area contributed by atoms with Crippen molar-refractivity contribution in [1.29, 1.82) is 0 Å². The summed E-state index contributed by atoms with van der Waals surface area (Å²) >= 11 is 1.45. The second-order valence-electron chi connectivity index (χ2n) is 23.1. The number of rotatable bonds is 10. The van der Waals surface area contributed by atoms with Gasteiger partial charge in [0.1, 0.15) is 23.4 Å². The highest BCUT2D eigenvalue weighted by Gasteiger charge is 2.39. The fourth-order valence-corrected chi connectivity index (χ4v) is 10.6. The van der Waals surface area contributed by atoms with E-state index in [1.165, 1.54) is 66.9 Å². The highest BCUT2D eigenvalue weighted by molar-refractivity contribution is 8.00. The molecule has 1 fully saturated rings. The standard InChI is InChI=1S/C21H22N2.C20H21N3.C8H13NO2S.C6H13NO.2C6H12O.CH4/c1-14(2)19-12-15-8-4-5-9-16(15)21-20(22-13-23(21)3)18-11-7-6-10-17(18)19;1-13(2)23-20-17-10-5-4-8-15(17)12-14(3)16-9-6-7-11-18(16)19(20)21-22-23;1-5(2)9-7(10)4-6(12-3)8(9)11;1-5(2)7-8-6(3)4;1-5(2)4-6(3)7;1-4-6(7)5(2)3;/h4-11,13-14,19H,12H2,1-3H3;4-11,13-14H,12H2,1-3H3;5-6H,4H2,1-3H3;6H,1-4H3;2*5H,4H2,1-3H3;1H4. The summed E-state index contributed by atoms with van der Waals surface area (Å²) in [5.41, 5.74) is 16.1. The van der Waals surface area contributed by atoms with E-state index >= 15 is 0 Å². The van der Waals surface area contributed by atoms with Gasteiger partial charge in [0.15, 0.2) is 0 Å². The van der Waals surface area contributed by atoms with Gasteiger partial charge in [-0.15, -0.1) is 5.10 Å². The van der Waals surface area contributed by atoms with Crippen LogP contribution in [0.25, 0.3) is 45.0 Å². The highest BCUT2D eigenvalue weighted by atomic mass is 32.2. The number of imidazole rings is 1. The lowest BCUT2D eigenvalue weighted by Gasteiger charge is -2.27. The normalized spacial score (nSPS) is 15.4. The SMILES string of the molecule is C.CC(=O)CC(C)C.CC(C)=NOC(C)C.CC(C)C1Cc2ccccc2-c2c(ncn2C)-c2ccccc21.CC1Cc2ccccc2-c2c(nnn2C(C)C)-c2ccccc21.CCC(=O)C(C)C.CSC1CC(=O)N(C(C)C)C1=O. The average molecular weight is 1120 g/mol. The molecule has 3 heterocycles. The van der Waals surface area contributed by atoms with Crippen LogP contribution in [0, 0.1) is 17.8 Å². The molecule has 2 amide bonds. The summed E-state index contributed by atoms with van der Waals surface area (Å²) in [6, 6.07) is 35.2. The predicted molar refractivity (Wildman–Crippen MR) is 340 cm³/mol. The zero-order chi connectivity index (χ0) is 59.5. The molecule has 1 aliphatic heterocycles. The molecule has 0 bridgehead atoms. The fourth-order valence-electron chi connectivity index (χ4n) is 9.99. The van der Waals surface area contributed by atoms with Crippen LogP contribution >= 0.6 is 11.8 Å². The van der Waals surface area contributed by atoms with E-state index in [9.17, 15) is 19.2 Å². The number of imide groups is 1. The Bertz CT molecular complexity index is 3000. The highest BCUT2D eigenvalue weighted by Crippen LogP contribution is 2.44. The van der Waals surface area contributed by atoms with E-state index in [1.54, 1.807) is 6.92 Å². The first-order valence-electron chi connectivity index (χ1n) is 28.7. The number of oxime groups is 1. The Morgan fingerprint density at radius 3 is 1.63 bits per heavy atom. The summed E-state index contributed by atoms with van der Waals surface area (Å²) in [6.07, 6.45) is 7.89. The summed E-state index contributed by atoms with van der Waals surface area (Å²) in [5.74, 6) is 2.90. The number of nitrogens with zero attached hydrogens (tertiary/aromatic N) is 7. The Kier molecular flexibility index (Phi) is 27.9. The maximum atomic E-state index is 11.5. The van der Waals surface area contributed by atoms with Crippen LogP contribution in [0.15, 0.2) is 109 Å². The second-order valence-corrected chi connectivity index (χ2v) is 24.2. The number of amides is 2. The van der Waals surface area contributed by atoms with E-state index in [4.69, 9.17) is 9.82 Å². The van der Waals surface area contributed by atoms with Gasteiger partial charge in [0.05, 0.1) is 34.4 Å². The van der Waals surface area contributed by atoms with Crippen LogP contribution in [0.1, 0.15) is 185 Å². The number of likely N-dealkylation sites (tertiary alicyclic amines) is 1. The van der Waals surface area contributed by atoms with E-state index < -0.39 is 0 Å². The van der Waals surface area contributed by atoms with Crippen molar-refractivity contribution in [3.63, 3.8) is 0 Å². The van der Waals surface area contributed by atoms with Gasteiger partial charge in [0.25, 0.3) is 0 Å². The zero-order valence-corrected chi connectivity index (χ0v) is 52.4. The van der Waals surface area contributed by atoms with Crippen molar-refractivity contribution in [1.82, 2.24) is 29.4 Å². The van der Waals surface area contributed by atoms with Crippen molar-refractivity contribution in [2.75, 3.05) is 6.26 Å². The van der Waals surface area contributed by atoms with Crippen LogP contribution in [-0.2, 0) is 43.9 Å². The molecular weight excluding hydrogens is 1030 g/mol. The average Bonchev–Trinajstić information content (AvgIpc) is 4.30. The number of aryl methyl sites for hydroxylation is 1. The number of carbonyl (C=O) groups is 4. The maximum absolute atomic E-state index is 11.5. The van der Waals surface area contributed by atoms with Gasteiger partial charge < -0.3 is 14.2 Å². The van der Waals surface area contributed by atoms with Crippen molar-refractivity contribution in [3.05, 3.63) is 126 Å². The molecule has 6 aromatic rings. The molecular formula is C68H97N7O5S. The minimum atomic E-state index is -0.139. The number of carbonyl (C=O) groups excluding carboxylic acids is 4. The number of hydrogen-bond donors (Lipinski definition) is 0. The quantitative estimate of drug-likeness (QED) is 0.0744. The van der Waals surface area contributed by atoms with Gasteiger partial charge in [0, 0.05) is 66.6 Å². The Morgan fingerprint density at radius 1 is 0.691 bits per heavy atom. The summed E-state index contributed by atoms with van der Waals surface area (Å²) in [6.45, 7) is 34.1. The van der Waals surface area contributed by atoms with Crippen molar-refractivity contribution in [2.45, 2.75) is 193 Å². The summed E-state index contributed by atoms with van der Waals surface area (Å²) in [4.78, 5) is 54.5. The number of aromatic nitrogens is 5. The molecule has 3 atom stereocenters. The van der Waals surface area contributed by atoms with E-state index in [-0.39, 0.29) is 54.4 Å². The minimum Gasteiger partial charge on any atom is -0.393 e. The first kappa shape index (κ1) is 68.8. The van der Waals surface area contributed by atoms with Crippen LogP contribution in [0.2, 0.25) is 0 Å². The van der Waals surface area contributed by atoms with Crippen molar-refractivity contribution in [2.24, 2.45) is 30.0 Å². The molecule has 12 nitrogen and oxygen atoms in total. The lowest BCUT2D eigenvalue weighted by molar-refractivity contribution is -0.140. The Hall–Kier alpha value is -6.47. The van der Waals surface area contributed by atoms with Crippen LogP contribution in [0.5, 0.6) is 0 Å². The smallest absolute Gasteiger partial charge is 0.243 e. The molecule has 2 aliphatic carbocycles. The van der Waals surface area contributed by atoms with Gasteiger partial charge >= 0.3 is 0 Å². The third-order valence-electron chi connectivity index (χ3n) is 13.9. The molecule has 0 radical (unpaired) electrons. The Labute approximate surface area is 491 Å². The van der Waals surface area contributed by atoms with Gasteiger partial charge in [-0.1, -0.05) is 170 Å². The van der Waals surface area contributed by atoms with E-state index in [0.29, 0.717) is 42.3 Å². The predicted octanol–water partition coefficient (Wildman–Crippen LogP) is 16.5. The number of Topliss-reactive ketones (excluding diaryl/α,β-unsaturated/α-hetero) is 2. The molecule has 440 valence electrons. The molecule has 3 unspecified atom stereocenters. The van der Waals surface area contributed by atoms with Gasteiger partial charge in [-0.05, 0) is 127 Å². The van der Waals surface area contributed by atoms with Crippen LogP contribution in [-0.4, -0.2) is 82.2 Å². The first-order chi connectivity index (χ1) is 37.8. The molecule has 9 rings (SSSR count). The molecule has 0 saturated carbocycles. The molecule has 81 heavy (non-hydrogen) atoms. The van der Waals surface area contributed by atoms with Crippen LogP contribution in [0.3, 0.4) is 0 Å². The summed E-state index contributed by atoms with van der Waals surface area (Å²) < 4.78 is 4.21. The summed E-state index contributed by atoms with van der Waals surface area (Å²) in [7, 11) is 2.09. The van der Waals surface area contributed by atoms with E-state index in [0.717, 1.165) is 42.1 Å².